The van der Waals surface area contributed by atoms with E-state index in [0.717, 1.165) is 92.8 Å². The molecule has 8 heterocycles. The molecule has 8 aromatic heterocycles. The minimum Gasteiger partial charge on any atom is -0.435 e. The van der Waals surface area contributed by atoms with E-state index in [9.17, 15) is 8.78 Å². The molecular weight excluding hydrogens is 679 g/mol. The molecule has 0 spiro atoms. The Morgan fingerprint density at radius 1 is 0.477 bits per heavy atom. The van der Waals surface area contributed by atoms with E-state index in [1.165, 1.54) is 45.3 Å². The molecule has 0 aliphatic carbocycles. The molecule has 6 nitrogen and oxygen atoms in total. The molecule has 0 saturated heterocycles. The molecule has 10 rings (SSSR count). The van der Waals surface area contributed by atoms with Gasteiger partial charge in [0.1, 0.15) is 30.8 Å². The van der Waals surface area contributed by atoms with Gasteiger partial charge in [-0.3, -0.25) is 0 Å². The van der Waals surface area contributed by atoms with Gasteiger partial charge in [0.2, 0.25) is 11.8 Å². The number of thiophene rings is 4. The smallest absolute Gasteiger partial charge is 0.239 e. The van der Waals surface area contributed by atoms with Gasteiger partial charge in [-0.25, -0.2) is 19.9 Å². The normalized spacial score (nSPS) is 12.3. The Morgan fingerprint density at radius 2 is 0.932 bits per heavy atom. The van der Waals surface area contributed by atoms with Crippen LogP contribution in [0.15, 0.2) is 69.8 Å². The van der Waals surface area contributed by atoms with Gasteiger partial charge in [0.25, 0.3) is 0 Å². The van der Waals surface area contributed by atoms with Crippen LogP contribution in [0.4, 0.5) is 8.78 Å². The van der Waals surface area contributed by atoms with Crippen molar-refractivity contribution in [2.45, 2.75) is 0 Å². The van der Waals surface area contributed by atoms with E-state index in [4.69, 9.17) is 18.8 Å². The SMILES string of the molecule is Fc1cc2sc(-c3ncc(-c4nc5cc6cc7oc(-c8cnc(-c9cc%10sc(F)cc%10s9)s8)nc7cc6cc5o4)s3)cc2s1. The number of benzene rings is 2. The van der Waals surface area contributed by atoms with Crippen molar-refractivity contribution in [3.63, 3.8) is 0 Å². The summed E-state index contributed by atoms with van der Waals surface area (Å²) in [5.41, 5.74) is 2.80. The van der Waals surface area contributed by atoms with Crippen LogP contribution < -0.4 is 0 Å². The molecule has 10 aromatic rings. The maximum atomic E-state index is 13.5. The first-order valence-corrected chi connectivity index (χ1v) is 17.8. The maximum Gasteiger partial charge on any atom is 0.239 e. The zero-order valence-electron chi connectivity index (χ0n) is 21.6. The Labute approximate surface area is 268 Å². The van der Waals surface area contributed by atoms with E-state index < -0.39 is 0 Å². The van der Waals surface area contributed by atoms with Gasteiger partial charge in [-0.15, -0.1) is 68.0 Å². The third-order valence-electron chi connectivity index (χ3n) is 7.06. The van der Waals surface area contributed by atoms with E-state index in [0.29, 0.717) is 22.9 Å². The van der Waals surface area contributed by atoms with Gasteiger partial charge in [0, 0.05) is 30.9 Å². The van der Waals surface area contributed by atoms with Gasteiger partial charge >= 0.3 is 0 Å². The summed E-state index contributed by atoms with van der Waals surface area (Å²) in [7, 11) is 0. The number of hydrogen-bond acceptors (Lipinski definition) is 12. The molecule has 0 saturated carbocycles. The van der Waals surface area contributed by atoms with E-state index in [1.807, 2.05) is 36.4 Å². The standard InChI is InChI=1S/C30H10F2N4O2S6/c31-25-7-19-17(41-25)5-21(39-19)29-33-9-23(43-29)27-35-13-1-11-3-16-14(2-12(11)4-15(13)37-27)36-28(38-16)24-10-34-30(44-24)22-6-18-20(40-22)8-26(32)42-18/h1-10H. The number of oxazole rings is 2. The third-order valence-corrected chi connectivity index (χ3v) is 13.5. The summed E-state index contributed by atoms with van der Waals surface area (Å²) < 4.78 is 43.1. The lowest BCUT2D eigenvalue weighted by atomic mass is 10.1. The minimum atomic E-state index is -0.177. The number of fused-ring (bicyclic) bond motifs is 5. The molecule has 0 bridgehead atoms. The summed E-state index contributed by atoms with van der Waals surface area (Å²) in [6.45, 7) is 0. The molecule has 2 aromatic carbocycles. The van der Waals surface area contributed by atoms with Gasteiger partial charge in [0.05, 0.1) is 22.1 Å². The van der Waals surface area contributed by atoms with Crippen LogP contribution >= 0.6 is 68.0 Å². The van der Waals surface area contributed by atoms with Crippen LogP contribution in [-0.2, 0) is 0 Å². The van der Waals surface area contributed by atoms with Crippen molar-refractivity contribution in [2.75, 3.05) is 0 Å². The number of thiazole rings is 2. The lowest BCUT2D eigenvalue weighted by molar-refractivity contribution is 0.621. The predicted octanol–water partition coefficient (Wildman–Crippen LogP) is 11.5. The first-order chi connectivity index (χ1) is 21.5. The molecule has 212 valence electrons. The molecule has 0 radical (unpaired) electrons. The quantitative estimate of drug-likeness (QED) is 0.183. The average Bonchev–Trinajstić information content (AvgIpc) is 3.82. The van der Waals surface area contributed by atoms with Crippen LogP contribution in [0.1, 0.15) is 0 Å². The van der Waals surface area contributed by atoms with Crippen molar-refractivity contribution in [3.8, 4) is 41.3 Å². The molecular formula is C30H10F2N4O2S6. The third kappa shape index (κ3) is 4.02. The van der Waals surface area contributed by atoms with Crippen molar-refractivity contribution >= 4 is 120 Å². The fourth-order valence-electron chi connectivity index (χ4n) is 5.10. The fraction of sp³-hybridized carbons (Fsp3) is 0. The topological polar surface area (TPSA) is 77.8 Å². The first-order valence-electron chi connectivity index (χ1n) is 12.9. The van der Waals surface area contributed by atoms with E-state index in [2.05, 4.69) is 9.97 Å². The molecule has 0 aliphatic heterocycles. The molecule has 0 N–H and O–H groups in total. The van der Waals surface area contributed by atoms with Gasteiger partial charge in [-0.1, -0.05) is 0 Å². The number of rotatable bonds is 4. The van der Waals surface area contributed by atoms with Crippen LogP contribution in [0.2, 0.25) is 0 Å². The molecule has 0 unspecified atom stereocenters. The number of hydrogen-bond donors (Lipinski definition) is 0. The average molecular weight is 689 g/mol. The van der Waals surface area contributed by atoms with E-state index in [-0.39, 0.29) is 10.3 Å². The molecule has 14 heteroatoms. The highest BCUT2D eigenvalue weighted by atomic mass is 32.1. The van der Waals surface area contributed by atoms with Crippen LogP contribution in [0, 0.1) is 10.3 Å². The maximum absolute atomic E-state index is 13.5. The van der Waals surface area contributed by atoms with Crippen molar-refractivity contribution < 1.29 is 17.6 Å². The molecule has 0 amide bonds. The molecule has 0 fully saturated rings. The van der Waals surface area contributed by atoms with Crippen molar-refractivity contribution in [1.82, 2.24) is 19.9 Å². The van der Waals surface area contributed by atoms with Gasteiger partial charge in [-0.05, 0) is 47.2 Å². The van der Waals surface area contributed by atoms with Gasteiger partial charge < -0.3 is 8.83 Å². The van der Waals surface area contributed by atoms with Gasteiger partial charge in [0.15, 0.2) is 21.4 Å². The highest BCUT2D eigenvalue weighted by molar-refractivity contribution is 7.31. The Kier molecular flexibility index (Phi) is 5.37. The summed E-state index contributed by atoms with van der Waals surface area (Å²) in [6, 6.07) is 15.0. The zero-order chi connectivity index (χ0) is 29.1. The highest BCUT2D eigenvalue weighted by Crippen LogP contribution is 2.43. The lowest BCUT2D eigenvalue weighted by Gasteiger charge is -1.96. The molecule has 0 aliphatic rings. The first kappa shape index (κ1) is 25.4. The minimum absolute atomic E-state index is 0.177. The second-order valence-corrected chi connectivity index (χ2v) is 16.2. The summed E-state index contributed by atoms with van der Waals surface area (Å²) in [5, 5.41) is 3.26. The Morgan fingerprint density at radius 3 is 1.39 bits per heavy atom. The Bertz CT molecular complexity index is 2420. The summed E-state index contributed by atoms with van der Waals surface area (Å²) >= 11 is 8.34. The van der Waals surface area contributed by atoms with Crippen LogP contribution in [0.3, 0.4) is 0 Å². The number of aromatic nitrogens is 4. The Hall–Kier alpha value is -3.92. The second-order valence-electron chi connectivity index (χ2n) is 9.86. The van der Waals surface area contributed by atoms with E-state index >= 15 is 0 Å². The van der Waals surface area contributed by atoms with Gasteiger partial charge in [-0.2, -0.15) is 8.78 Å². The van der Waals surface area contributed by atoms with Crippen LogP contribution in [-0.4, -0.2) is 19.9 Å². The van der Waals surface area contributed by atoms with Crippen molar-refractivity contribution in [1.29, 1.82) is 0 Å². The second kappa shape index (κ2) is 9.30. The monoisotopic (exact) mass is 688 g/mol. The summed E-state index contributed by atoms with van der Waals surface area (Å²) in [4.78, 5) is 22.3. The fourth-order valence-corrected chi connectivity index (χ4v) is 11.1. The zero-order valence-corrected chi connectivity index (χ0v) is 26.5. The summed E-state index contributed by atoms with van der Waals surface area (Å²) in [5.74, 6) is 1.01. The Balaban J connectivity index is 0.972. The van der Waals surface area contributed by atoms with Crippen molar-refractivity contribution in [2.24, 2.45) is 0 Å². The van der Waals surface area contributed by atoms with E-state index in [1.54, 1.807) is 24.5 Å². The van der Waals surface area contributed by atoms with Crippen LogP contribution in [0.25, 0.3) is 93.1 Å². The van der Waals surface area contributed by atoms with Crippen LogP contribution in [0.5, 0.6) is 0 Å². The number of halogens is 2. The van der Waals surface area contributed by atoms with Crippen molar-refractivity contribution in [3.05, 3.63) is 71.2 Å². The largest absolute Gasteiger partial charge is 0.435 e. The lowest BCUT2D eigenvalue weighted by Crippen LogP contribution is -1.76. The molecule has 44 heavy (non-hydrogen) atoms. The molecule has 0 atom stereocenters. The highest BCUT2D eigenvalue weighted by Gasteiger charge is 2.19. The number of nitrogens with zero attached hydrogens (tertiary/aromatic N) is 4. The summed E-state index contributed by atoms with van der Waals surface area (Å²) in [6.07, 6.45) is 3.53. The predicted molar refractivity (Wildman–Crippen MR) is 179 cm³/mol.